The molecule has 0 atom stereocenters. The van der Waals surface area contributed by atoms with Gasteiger partial charge < -0.3 is 20.1 Å². The second kappa shape index (κ2) is 6.78. The fraction of sp³-hybridized carbons (Fsp3) is 0.125. The average Bonchev–Trinajstić information content (AvgIpc) is 2.50. The van der Waals surface area contributed by atoms with Crippen molar-refractivity contribution >= 4 is 34.6 Å². The summed E-state index contributed by atoms with van der Waals surface area (Å²) in [5.41, 5.74) is -0.125. The highest BCUT2D eigenvalue weighted by atomic mass is 16.5. The molecule has 0 spiro atoms. The molecule has 0 aliphatic heterocycles. The molecule has 8 nitrogen and oxygen atoms in total. The minimum atomic E-state index is -1.38. The summed E-state index contributed by atoms with van der Waals surface area (Å²) in [5.74, 6) is -4.83. The molecular formula is C16H12O8. The van der Waals surface area contributed by atoms with Crippen LogP contribution in [0.5, 0.6) is 0 Å². The minimum absolute atomic E-state index is 0.221. The van der Waals surface area contributed by atoms with Crippen LogP contribution in [0.1, 0.15) is 26.3 Å². The second-order valence-corrected chi connectivity index (χ2v) is 4.89. The lowest BCUT2D eigenvalue weighted by molar-refractivity contribution is -0.140. The van der Waals surface area contributed by atoms with E-state index in [0.29, 0.717) is 10.9 Å². The highest BCUT2D eigenvalue weighted by molar-refractivity contribution is 6.12. The lowest BCUT2D eigenvalue weighted by Gasteiger charge is -2.10. The number of carbonyl (C=O) groups excluding carboxylic acids is 1. The molecule has 8 heteroatoms. The number of rotatable bonds is 6. The number of fused-ring (bicyclic) bond motifs is 1. The smallest absolute Gasteiger partial charge is 0.341 e. The van der Waals surface area contributed by atoms with Gasteiger partial charge in [-0.1, -0.05) is 24.3 Å². The molecule has 124 valence electrons. The van der Waals surface area contributed by atoms with E-state index in [2.05, 4.69) is 4.74 Å². The Morgan fingerprint density at radius 3 is 2.21 bits per heavy atom. The summed E-state index contributed by atoms with van der Waals surface area (Å²) >= 11 is 0. The number of hydrogen-bond donors (Lipinski definition) is 3. The average molecular weight is 332 g/mol. The topological polar surface area (TPSA) is 138 Å². The Morgan fingerprint density at radius 1 is 0.917 bits per heavy atom. The van der Waals surface area contributed by atoms with Gasteiger partial charge in [0.15, 0.2) is 6.61 Å². The first-order valence-corrected chi connectivity index (χ1v) is 6.69. The molecule has 0 radical (unpaired) electrons. The maximum Gasteiger partial charge on any atom is 0.341 e. The lowest BCUT2D eigenvalue weighted by atomic mass is 9.96. The van der Waals surface area contributed by atoms with Gasteiger partial charge in [-0.3, -0.25) is 4.79 Å². The number of esters is 1. The number of aliphatic carboxylic acids is 2. The normalized spacial score (nSPS) is 10.3. The number of carboxylic acid groups (broad SMARTS) is 3. The zero-order chi connectivity index (χ0) is 17.9. The van der Waals surface area contributed by atoms with Crippen molar-refractivity contribution in [2.24, 2.45) is 0 Å². The molecule has 3 N–H and O–H groups in total. The Labute approximate surface area is 134 Å². The summed E-state index contributed by atoms with van der Waals surface area (Å²) in [6, 6.07) is 7.04. The summed E-state index contributed by atoms with van der Waals surface area (Å²) in [6.45, 7) is -0.881. The highest BCUT2D eigenvalue weighted by Crippen LogP contribution is 2.25. The molecule has 0 saturated carbocycles. The Bertz CT molecular complexity index is 853. The molecule has 2 aromatic rings. The largest absolute Gasteiger partial charge is 0.481 e. The van der Waals surface area contributed by atoms with E-state index in [1.165, 1.54) is 30.3 Å². The van der Waals surface area contributed by atoms with Gasteiger partial charge in [-0.15, -0.1) is 0 Å². The van der Waals surface area contributed by atoms with Crippen LogP contribution in [0.4, 0.5) is 0 Å². The van der Waals surface area contributed by atoms with Gasteiger partial charge in [0.1, 0.15) is 0 Å². The van der Waals surface area contributed by atoms with E-state index in [1.807, 2.05) is 0 Å². The van der Waals surface area contributed by atoms with E-state index in [4.69, 9.17) is 10.2 Å². The van der Waals surface area contributed by atoms with Gasteiger partial charge >= 0.3 is 23.9 Å². The molecule has 0 amide bonds. The molecule has 24 heavy (non-hydrogen) atoms. The first-order chi connectivity index (χ1) is 11.3. The first-order valence-electron chi connectivity index (χ1n) is 6.69. The first kappa shape index (κ1) is 16.9. The molecule has 0 heterocycles. The molecule has 0 saturated heterocycles. The van der Waals surface area contributed by atoms with Crippen molar-refractivity contribution < 1.29 is 39.2 Å². The number of carboxylic acids is 3. The molecule has 0 aromatic heterocycles. The van der Waals surface area contributed by atoms with Crippen molar-refractivity contribution in [1.29, 1.82) is 0 Å². The lowest BCUT2D eigenvalue weighted by Crippen LogP contribution is -2.16. The predicted octanol–water partition coefficient (Wildman–Crippen LogP) is 1.41. The van der Waals surface area contributed by atoms with Crippen LogP contribution < -0.4 is 0 Å². The summed E-state index contributed by atoms with van der Waals surface area (Å²) < 4.78 is 4.53. The van der Waals surface area contributed by atoms with E-state index in [1.54, 1.807) is 0 Å². The van der Waals surface area contributed by atoms with Gasteiger partial charge in [-0.25, -0.2) is 14.4 Å². The van der Waals surface area contributed by atoms with Crippen LogP contribution in [0.15, 0.2) is 30.3 Å². The van der Waals surface area contributed by atoms with Crippen LogP contribution in [0.25, 0.3) is 10.8 Å². The van der Waals surface area contributed by atoms with Gasteiger partial charge in [-0.05, 0) is 22.4 Å². The van der Waals surface area contributed by atoms with Crippen LogP contribution in [0.2, 0.25) is 0 Å². The standard InChI is InChI=1S/C16H12O8/c17-12(18)6-8-1-3-10-9(5-8)2-4-11(14(10)15(21)22)16(23)24-7-13(19)20/h1-5H,6-7H2,(H,17,18)(H,19,20)(H,21,22). The second-order valence-electron chi connectivity index (χ2n) is 4.89. The maximum absolute atomic E-state index is 11.9. The third-order valence-corrected chi connectivity index (χ3v) is 3.20. The van der Waals surface area contributed by atoms with Crippen molar-refractivity contribution in [3.05, 3.63) is 47.0 Å². The van der Waals surface area contributed by atoms with E-state index in [0.717, 1.165) is 0 Å². The van der Waals surface area contributed by atoms with Gasteiger partial charge in [0.2, 0.25) is 0 Å². The Kier molecular flexibility index (Phi) is 4.78. The van der Waals surface area contributed by atoms with Crippen LogP contribution in [-0.2, 0) is 20.7 Å². The van der Waals surface area contributed by atoms with Crippen molar-refractivity contribution in [2.75, 3.05) is 6.61 Å². The van der Waals surface area contributed by atoms with Gasteiger partial charge in [0.25, 0.3) is 0 Å². The zero-order valence-electron chi connectivity index (χ0n) is 12.2. The Balaban J connectivity index is 2.52. The summed E-state index contributed by atoms with van der Waals surface area (Å²) in [5, 5.41) is 27.4. The van der Waals surface area contributed by atoms with Gasteiger partial charge in [0.05, 0.1) is 17.5 Å². The Morgan fingerprint density at radius 2 is 1.62 bits per heavy atom. The van der Waals surface area contributed by atoms with Crippen molar-refractivity contribution in [2.45, 2.75) is 6.42 Å². The van der Waals surface area contributed by atoms with Gasteiger partial charge in [-0.2, -0.15) is 0 Å². The van der Waals surface area contributed by atoms with E-state index < -0.39 is 30.5 Å². The fourth-order valence-corrected chi connectivity index (χ4v) is 2.27. The summed E-state index contributed by atoms with van der Waals surface area (Å²) in [6.07, 6.45) is -0.221. The van der Waals surface area contributed by atoms with E-state index in [9.17, 15) is 24.3 Å². The number of ether oxygens (including phenoxy) is 1. The van der Waals surface area contributed by atoms with Crippen LogP contribution >= 0.6 is 0 Å². The third-order valence-electron chi connectivity index (χ3n) is 3.20. The third kappa shape index (κ3) is 3.67. The maximum atomic E-state index is 11.9. The SMILES string of the molecule is O=C(O)COC(=O)c1ccc2cc(CC(=O)O)ccc2c1C(=O)O. The zero-order valence-corrected chi connectivity index (χ0v) is 12.2. The van der Waals surface area contributed by atoms with Crippen molar-refractivity contribution in [1.82, 2.24) is 0 Å². The molecule has 0 fully saturated rings. The minimum Gasteiger partial charge on any atom is -0.481 e. The monoisotopic (exact) mass is 332 g/mol. The molecule has 0 unspecified atom stereocenters. The van der Waals surface area contributed by atoms with Crippen molar-refractivity contribution in [3.63, 3.8) is 0 Å². The molecule has 2 rings (SSSR count). The predicted molar refractivity (Wildman–Crippen MR) is 80.2 cm³/mol. The molecular weight excluding hydrogens is 320 g/mol. The molecule has 0 bridgehead atoms. The number of aromatic carboxylic acids is 1. The van der Waals surface area contributed by atoms with Crippen molar-refractivity contribution in [3.8, 4) is 0 Å². The summed E-state index contributed by atoms with van der Waals surface area (Å²) in [4.78, 5) is 44.6. The van der Waals surface area contributed by atoms with Gasteiger partial charge in [0, 0.05) is 0 Å². The van der Waals surface area contributed by atoms with Crippen LogP contribution in [0, 0.1) is 0 Å². The van der Waals surface area contributed by atoms with Crippen LogP contribution in [0.3, 0.4) is 0 Å². The van der Waals surface area contributed by atoms with E-state index >= 15 is 0 Å². The summed E-state index contributed by atoms with van der Waals surface area (Å²) in [7, 11) is 0. The fourth-order valence-electron chi connectivity index (χ4n) is 2.27. The molecule has 0 aliphatic carbocycles. The molecule has 0 aliphatic rings. The Hall–Kier alpha value is -3.42. The van der Waals surface area contributed by atoms with E-state index in [-0.39, 0.29) is 22.9 Å². The number of carbonyl (C=O) groups is 4. The highest BCUT2D eigenvalue weighted by Gasteiger charge is 2.21. The molecule has 2 aromatic carbocycles. The quantitative estimate of drug-likeness (QED) is 0.675. The number of benzene rings is 2. The number of hydrogen-bond acceptors (Lipinski definition) is 5. The van der Waals surface area contributed by atoms with Crippen LogP contribution in [-0.4, -0.2) is 45.8 Å².